The Bertz CT molecular complexity index is 266. The van der Waals surface area contributed by atoms with Gasteiger partial charge in [0.05, 0.1) is 5.41 Å². The number of ether oxygens (including phenoxy) is 1. The van der Waals surface area contributed by atoms with E-state index in [1.807, 2.05) is 13.8 Å². The third-order valence-electron chi connectivity index (χ3n) is 2.45. The van der Waals surface area contributed by atoms with Crippen LogP contribution in [0.4, 0.5) is 0 Å². The monoisotopic (exact) mass is 238 g/mol. The van der Waals surface area contributed by atoms with Crippen LogP contribution in [0.15, 0.2) is 0 Å². The summed E-state index contributed by atoms with van der Waals surface area (Å²) < 4.78 is 19.9. The predicted octanol–water partition coefficient (Wildman–Crippen LogP) is 2.00. The summed E-state index contributed by atoms with van der Waals surface area (Å²) in [6, 6.07) is 0. The van der Waals surface area contributed by atoms with Crippen molar-refractivity contribution in [1.29, 1.82) is 0 Å². The van der Waals surface area contributed by atoms with E-state index in [0.29, 0.717) is 0 Å². The molecule has 0 aromatic heterocycles. The second-order valence-corrected chi connectivity index (χ2v) is 6.22. The van der Waals surface area contributed by atoms with Crippen molar-refractivity contribution in [2.45, 2.75) is 27.7 Å². The molecule has 1 unspecified atom stereocenters. The molecule has 0 amide bonds. The van der Waals surface area contributed by atoms with Crippen LogP contribution < -0.4 is 0 Å². The average molecular weight is 238 g/mol. The molecule has 5 nitrogen and oxygen atoms in total. The van der Waals surface area contributed by atoms with E-state index in [9.17, 15) is 9.36 Å². The van der Waals surface area contributed by atoms with E-state index in [4.69, 9.17) is 9.63 Å². The molecule has 0 saturated heterocycles. The smallest absolute Gasteiger partial charge is 0.327 e. The van der Waals surface area contributed by atoms with Gasteiger partial charge in [-0.2, -0.15) is 0 Å². The molecular weight excluding hydrogens is 219 g/mol. The van der Waals surface area contributed by atoms with Crippen molar-refractivity contribution >= 4 is 13.6 Å². The van der Waals surface area contributed by atoms with Crippen LogP contribution >= 0.6 is 7.60 Å². The first kappa shape index (κ1) is 14.6. The fourth-order valence-corrected chi connectivity index (χ4v) is 0.848. The molecule has 90 valence electrons. The Balaban J connectivity index is 4.11. The van der Waals surface area contributed by atoms with Gasteiger partial charge in [0.15, 0.2) is 0 Å². The number of rotatable bonds is 5. The fraction of sp³-hybridized carbons (Fsp3) is 0.889. The van der Waals surface area contributed by atoms with Crippen LogP contribution in [-0.4, -0.2) is 24.3 Å². The van der Waals surface area contributed by atoms with Gasteiger partial charge in [0.25, 0.3) is 0 Å². The molecule has 0 heterocycles. The van der Waals surface area contributed by atoms with Gasteiger partial charge in [0.2, 0.25) is 6.79 Å². The van der Waals surface area contributed by atoms with Crippen LogP contribution in [0.2, 0.25) is 0 Å². The zero-order valence-corrected chi connectivity index (χ0v) is 10.7. The van der Waals surface area contributed by atoms with Crippen molar-refractivity contribution < 1.29 is 23.5 Å². The highest BCUT2D eigenvalue weighted by Gasteiger charge is 2.33. The summed E-state index contributed by atoms with van der Waals surface area (Å²) in [6.45, 7) is 7.86. The maximum atomic E-state index is 11.5. The quantitative estimate of drug-likeness (QED) is 0.450. The van der Waals surface area contributed by atoms with Crippen LogP contribution in [-0.2, 0) is 18.6 Å². The third-order valence-corrected chi connectivity index (χ3v) is 3.04. The molecule has 0 spiro atoms. The van der Waals surface area contributed by atoms with Crippen molar-refractivity contribution in [3.63, 3.8) is 0 Å². The summed E-state index contributed by atoms with van der Waals surface area (Å²) in [5.41, 5.74) is -0.628. The molecule has 0 fully saturated rings. The summed E-state index contributed by atoms with van der Waals surface area (Å²) in [5.74, 6) is -0.321. The van der Waals surface area contributed by atoms with E-state index < -0.39 is 25.8 Å². The van der Waals surface area contributed by atoms with E-state index >= 15 is 0 Å². The molecule has 0 aliphatic heterocycles. The van der Waals surface area contributed by atoms with Crippen molar-refractivity contribution in [1.82, 2.24) is 0 Å². The lowest BCUT2D eigenvalue weighted by molar-refractivity contribution is -0.163. The summed E-state index contributed by atoms with van der Waals surface area (Å²) in [7, 11) is -3.58. The number of carbonyl (C=O) groups excluding carboxylic acids is 1. The third kappa shape index (κ3) is 5.30. The van der Waals surface area contributed by atoms with E-state index in [0.717, 1.165) is 6.66 Å². The number of esters is 1. The van der Waals surface area contributed by atoms with Crippen molar-refractivity contribution in [2.24, 2.45) is 11.3 Å². The van der Waals surface area contributed by atoms with Gasteiger partial charge in [0.1, 0.15) is 0 Å². The summed E-state index contributed by atoms with van der Waals surface area (Å²) in [4.78, 5) is 20.3. The van der Waals surface area contributed by atoms with Gasteiger partial charge in [-0.3, -0.25) is 13.9 Å². The predicted molar refractivity (Wildman–Crippen MR) is 56.4 cm³/mol. The van der Waals surface area contributed by atoms with E-state index in [1.54, 1.807) is 13.8 Å². The SMILES string of the molecule is CC(C)C(C)(C)C(=O)OCOP(C)(=O)O. The van der Waals surface area contributed by atoms with Crippen LogP contribution in [0.1, 0.15) is 27.7 Å². The lowest BCUT2D eigenvalue weighted by Crippen LogP contribution is -2.32. The van der Waals surface area contributed by atoms with E-state index in [2.05, 4.69) is 4.52 Å². The van der Waals surface area contributed by atoms with Gasteiger partial charge in [-0.05, 0) is 19.8 Å². The highest BCUT2D eigenvalue weighted by Crippen LogP contribution is 2.36. The molecule has 1 atom stereocenters. The maximum absolute atomic E-state index is 11.5. The molecule has 0 aliphatic carbocycles. The number of hydrogen-bond donors (Lipinski definition) is 1. The minimum Gasteiger partial charge on any atom is -0.438 e. The van der Waals surface area contributed by atoms with Crippen LogP contribution in [0.5, 0.6) is 0 Å². The second kappa shape index (κ2) is 5.10. The second-order valence-electron chi connectivity index (χ2n) is 4.36. The molecule has 0 aromatic carbocycles. The highest BCUT2D eigenvalue weighted by molar-refractivity contribution is 7.51. The Morgan fingerprint density at radius 1 is 1.47 bits per heavy atom. The first-order valence-corrected chi connectivity index (χ1v) is 6.72. The standard InChI is InChI=1S/C9H19O5P/c1-7(2)9(3,4)8(10)13-6-14-15(5,11)12/h7H,6H2,1-5H3,(H,11,12). The Morgan fingerprint density at radius 3 is 2.27 bits per heavy atom. The zero-order chi connectivity index (χ0) is 12.3. The Hall–Kier alpha value is -0.380. The van der Waals surface area contributed by atoms with Gasteiger partial charge in [-0.1, -0.05) is 13.8 Å². The Morgan fingerprint density at radius 2 is 1.93 bits per heavy atom. The van der Waals surface area contributed by atoms with Gasteiger partial charge >= 0.3 is 13.6 Å². The van der Waals surface area contributed by atoms with Gasteiger partial charge in [-0.15, -0.1) is 0 Å². The summed E-state index contributed by atoms with van der Waals surface area (Å²) in [5, 5.41) is 0. The summed E-state index contributed by atoms with van der Waals surface area (Å²) >= 11 is 0. The average Bonchev–Trinajstić information content (AvgIpc) is 2.01. The minimum atomic E-state index is -3.58. The molecule has 15 heavy (non-hydrogen) atoms. The molecular formula is C9H19O5P. The Labute approximate surface area is 90.3 Å². The molecule has 0 saturated carbocycles. The normalized spacial score (nSPS) is 16.2. The molecule has 0 aliphatic rings. The van der Waals surface area contributed by atoms with Gasteiger partial charge < -0.3 is 9.63 Å². The molecule has 0 aromatic rings. The molecule has 0 rings (SSSR count). The van der Waals surface area contributed by atoms with Gasteiger partial charge in [-0.25, -0.2) is 0 Å². The van der Waals surface area contributed by atoms with Crippen LogP contribution in [0.25, 0.3) is 0 Å². The Kier molecular flexibility index (Phi) is 4.97. The molecule has 0 bridgehead atoms. The van der Waals surface area contributed by atoms with Crippen LogP contribution in [0.3, 0.4) is 0 Å². The number of carbonyl (C=O) groups is 1. The van der Waals surface area contributed by atoms with E-state index in [-0.39, 0.29) is 5.92 Å². The fourth-order valence-electron chi connectivity index (χ4n) is 0.599. The number of hydrogen-bond acceptors (Lipinski definition) is 4. The minimum absolute atomic E-state index is 0.118. The molecule has 1 N–H and O–H groups in total. The topological polar surface area (TPSA) is 72.8 Å². The molecule has 0 radical (unpaired) electrons. The lowest BCUT2D eigenvalue weighted by Gasteiger charge is -2.26. The van der Waals surface area contributed by atoms with Crippen molar-refractivity contribution in [3.05, 3.63) is 0 Å². The van der Waals surface area contributed by atoms with Crippen molar-refractivity contribution in [3.8, 4) is 0 Å². The lowest BCUT2D eigenvalue weighted by atomic mass is 9.81. The highest BCUT2D eigenvalue weighted by atomic mass is 31.2. The van der Waals surface area contributed by atoms with E-state index in [1.165, 1.54) is 0 Å². The zero-order valence-electron chi connectivity index (χ0n) is 9.81. The van der Waals surface area contributed by atoms with Gasteiger partial charge in [0, 0.05) is 6.66 Å². The largest absolute Gasteiger partial charge is 0.438 e. The first-order valence-electron chi connectivity index (χ1n) is 4.69. The summed E-state index contributed by atoms with van der Waals surface area (Å²) in [6.07, 6.45) is 0. The van der Waals surface area contributed by atoms with Crippen molar-refractivity contribution in [2.75, 3.05) is 13.5 Å². The van der Waals surface area contributed by atoms with Crippen LogP contribution in [0, 0.1) is 11.3 Å². The first-order chi connectivity index (χ1) is 6.57. The maximum Gasteiger partial charge on any atom is 0.327 e. The molecule has 6 heteroatoms.